The van der Waals surface area contributed by atoms with Crippen molar-refractivity contribution in [3.05, 3.63) is 33.3 Å². The molecule has 0 saturated carbocycles. The fraction of sp³-hybridized carbons (Fsp3) is 0.467. The zero-order valence-corrected chi connectivity index (χ0v) is 13.7. The van der Waals surface area contributed by atoms with Crippen LogP contribution < -0.4 is 0 Å². The van der Waals surface area contributed by atoms with Gasteiger partial charge in [0.25, 0.3) is 0 Å². The van der Waals surface area contributed by atoms with Gasteiger partial charge in [-0.05, 0) is 44.0 Å². The third-order valence-corrected chi connectivity index (χ3v) is 4.28. The number of esters is 1. The largest absolute Gasteiger partial charge is 0.434 e. The van der Waals surface area contributed by atoms with Crippen molar-refractivity contribution >= 4 is 35.0 Å². The minimum atomic E-state index is -1.06. The lowest BCUT2D eigenvalue weighted by molar-refractivity contribution is -0.212. The van der Waals surface area contributed by atoms with Crippen LogP contribution in [0.5, 0.6) is 0 Å². The number of ketones is 1. The SMILES string of the molecule is COC1OC(=O)C(c2c(C)cc(Cl)cc2Cl)C(=O)C1(C)C. The molecule has 1 fully saturated rings. The van der Waals surface area contributed by atoms with E-state index in [2.05, 4.69) is 0 Å². The Bertz CT molecular complexity index is 587. The molecule has 2 atom stereocenters. The van der Waals surface area contributed by atoms with Gasteiger partial charge < -0.3 is 9.47 Å². The molecule has 6 heteroatoms. The van der Waals surface area contributed by atoms with Crippen molar-refractivity contribution in [2.24, 2.45) is 5.41 Å². The van der Waals surface area contributed by atoms with Crippen LogP contribution in [0.3, 0.4) is 0 Å². The van der Waals surface area contributed by atoms with Crippen molar-refractivity contribution in [2.75, 3.05) is 7.11 Å². The minimum Gasteiger partial charge on any atom is -0.434 e. The first-order valence-corrected chi connectivity index (χ1v) is 7.19. The third kappa shape index (κ3) is 2.68. The molecule has 1 saturated heterocycles. The first-order valence-electron chi connectivity index (χ1n) is 6.43. The lowest BCUT2D eigenvalue weighted by atomic mass is 9.75. The fourth-order valence-corrected chi connectivity index (χ4v) is 3.29. The summed E-state index contributed by atoms with van der Waals surface area (Å²) in [6, 6.07) is 3.18. The average molecular weight is 331 g/mol. The Kier molecular flexibility index (Phi) is 4.34. The van der Waals surface area contributed by atoms with E-state index in [1.807, 2.05) is 0 Å². The number of cyclic esters (lactones) is 1. The maximum absolute atomic E-state index is 12.7. The number of carbonyl (C=O) groups excluding carboxylic acids is 2. The summed E-state index contributed by atoms with van der Waals surface area (Å²) in [5.74, 6) is -1.99. The standard InChI is InChI=1S/C15H16Cl2O4/c1-7-5-8(16)6-9(17)10(7)11-12(18)15(2,3)14(20-4)21-13(11)19/h5-6,11,14H,1-4H3. The highest BCUT2D eigenvalue weighted by Crippen LogP contribution is 2.42. The number of halogens is 2. The van der Waals surface area contributed by atoms with Crippen molar-refractivity contribution in [1.29, 1.82) is 0 Å². The van der Waals surface area contributed by atoms with E-state index < -0.39 is 23.6 Å². The number of methoxy groups -OCH3 is 1. The van der Waals surface area contributed by atoms with Crippen molar-refractivity contribution in [1.82, 2.24) is 0 Å². The van der Waals surface area contributed by atoms with Crippen LogP contribution in [0.2, 0.25) is 10.0 Å². The van der Waals surface area contributed by atoms with Crippen LogP contribution in [0.4, 0.5) is 0 Å². The summed E-state index contributed by atoms with van der Waals surface area (Å²) in [6.45, 7) is 5.12. The van der Waals surface area contributed by atoms with E-state index >= 15 is 0 Å². The van der Waals surface area contributed by atoms with Crippen molar-refractivity contribution in [3.8, 4) is 0 Å². The highest BCUT2D eigenvalue weighted by atomic mass is 35.5. The Morgan fingerprint density at radius 1 is 1.24 bits per heavy atom. The predicted molar refractivity (Wildman–Crippen MR) is 79.6 cm³/mol. The second kappa shape index (κ2) is 5.59. The van der Waals surface area contributed by atoms with Crippen molar-refractivity contribution in [3.63, 3.8) is 0 Å². The Hall–Kier alpha value is -1.10. The van der Waals surface area contributed by atoms with Crippen LogP contribution in [-0.4, -0.2) is 25.2 Å². The molecule has 1 aromatic carbocycles. The molecule has 2 rings (SSSR count). The van der Waals surface area contributed by atoms with Crippen LogP contribution >= 0.6 is 23.2 Å². The zero-order chi connectivity index (χ0) is 15.9. The van der Waals surface area contributed by atoms with Gasteiger partial charge in [-0.25, -0.2) is 0 Å². The number of benzene rings is 1. The molecular formula is C15H16Cl2O4. The van der Waals surface area contributed by atoms with Gasteiger partial charge in [-0.15, -0.1) is 0 Å². The van der Waals surface area contributed by atoms with E-state index in [0.29, 0.717) is 16.1 Å². The molecular weight excluding hydrogens is 315 g/mol. The molecule has 21 heavy (non-hydrogen) atoms. The zero-order valence-electron chi connectivity index (χ0n) is 12.2. The number of hydrogen-bond acceptors (Lipinski definition) is 4. The van der Waals surface area contributed by atoms with Gasteiger partial charge in [-0.2, -0.15) is 0 Å². The van der Waals surface area contributed by atoms with Gasteiger partial charge in [0, 0.05) is 17.2 Å². The molecule has 1 heterocycles. The molecule has 4 nitrogen and oxygen atoms in total. The molecule has 0 N–H and O–H groups in total. The molecule has 2 unspecified atom stereocenters. The maximum atomic E-state index is 12.7. The van der Waals surface area contributed by atoms with Gasteiger partial charge in [-0.1, -0.05) is 23.2 Å². The highest BCUT2D eigenvalue weighted by Gasteiger charge is 2.52. The molecule has 0 aromatic heterocycles. The van der Waals surface area contributed by atoms with Crippen LogP contribution in [0.25, 0.3) is 0 Å². The Balaban J connectivity index is 2.55. The second-order valence-electron chi connectivity index (χ2n) is 5.64. The number of ether oxygens (including phenoxy) is 2. The first-order chi connectivity index (χ1) is 9.70. The van der Waals surface area contributed by atoms with Crippen LogP contribution in [0.15, 0.2) is 12.1 Å². The van der Waals surface area contributed by atoms with E-state index in [9.17, 15) is 9.59 Å². The van der Waals surface area contributed by atoms with Crippen molar-refractivity contribution in [2.45, 2.75) is 33.0 Å². The number of Topliss-reactive ketones (excluding diaryl/α,β-unsaturated/α-hetero) is 1. The van der Waals surface area contributed by atoms with Gasteiger partial charge in [0.05, 0.1) is 5.41 Å². The molecule has 0 radical (unpaired) electrons. The molecule has 0 bridgehead atoms. The molecule has 114 valence electrons. The summed E-state index contributed by atoms with van der Waals surface area (Å²) in [7, 11) is 1.40. The number of hydrogen-bond donors (Lipinski definition) is 0. The summed E-state index contributed by atoms with van der Waals surface area (Å²) < 4.78 is 10.3. The van der Waals surface area contributed by atoms with Gasteiger partial charge in [0.2, 0.25) is 6.29 Å². The normalized spacial score (nSPS) is 24.9. The first kappa shape index (κ1) is 16.3. The molecule has 0 amide bonds. The number of carbonyl (C=O) groups is 2. The highest BCUT2D eigenvalue weighted by molar-refractivity contribution is 6.35. The van der Waals surface area contributed by atoms with Gasteiger partial charge in [0.15, 0.2) is 5.78 Å². The Morgan fingerprint density at radius 3 is 2.38 bits per heavy atom. The van der Waals surface area contributed by atoms with Gasteiger partial charge >= 0.3 is 5.97 Å². The summed E-state index contributed by atoms with van der Waals surface area (Å²) in [5.41, 5.74) is 0.163. The van der Waals surface area contributed by atoms with E-state index in [-0.39, 0.29) is 10.8 Å². The molecule has 1 aromatic rings. The van der Waals surface area contributed by atoms with E-state index in [0.717, 1.165) is 0 Å². The minimum absolute atomic E-state index is 0.280. The van der Waals surface area contributed by atoms with E-state index in [1.54, 1.807) is 26.8 Å². The lowest BCUT2D eigenvalue weighted by Crippen LogP contribution is -2.51. The van der Waals surface area contributed by atoms with E-state index in [4.69, 9.17) is 32.7 Å². The fourth-order valence-electron chi connectivity index (χ4n) is 2.59. The van der Waals surface area contributed by atoms with Crippen LogP contribution in [0.1, 0.15) is 30.9 Å². The summed E-state index contributed by atoms with van der Waals surface area (Å²) in [6.07, 6.45) is -0.903. The topological polar surface area (TPSA) is 52.6 Å². The third-order valence-electron chi connectivity index (χ3n) is 3.75. The van der Waals surface area contributed by atoms with Crippen LogP contribution in [-0.2, 0) is 19.1 Å². The summed E-state index contributed by atoms with van der Waals surface area (Å²) >= 11 is 12.1. The average Bonchev–Trinajstić information content (AvgIpc) is 2.37. The van der Waals surface area contributed by atoms with Gasteiger partial charge in [-0.3, -0.25) is 9.59 Å². The Labute approximate surface area is 133 Å². The molecule has 1 aliphatic rings. The van der Waals surface area contributed by atoms with E-state index in [1.165, 1.54) is 13.2 Å². The lowest BCUT2D eigenvalue weighted by Gasteiger charge is -2.39. The monoisotopic (exact) mass is 330 g/mol. The van der Waals surface area contributed by atoms with Gasteiger partial charge in [0.1, 0.15) is 5.92 Å². The van der Waals surface area contributed by atoms with Crippen molar-refractivity contribution < 1.29 is 19.1 Å². The molecule has 0 spiro atoms. The smallest absolute Gasteiger partial charge is 0.323 e. The maximum Gasteiger partial charge on any atom is 0.323 e. The second-order valence-corrected chi connectivity index (χ2v) is 6.49. The quantitative estimate of drug-likeness (QED) is 0.615. The summed E-state index contributed by atoms with van der Waals surface area (Å²) in [4.78, 5) is 25.0. The number of aryl methyl sites for hydroxylation is 1. The predicted octanol–water partition coefficient (Wildman–Crippen LogP) is 3.51. The Morgan fingerprint density at radius 2 is 1.86 bits per heavy atom. The summed E-state index contributed by atoms with van der Waals surface area (Å²) in [5, 5.41) is 0.730. The van der Waals surface area contributed by atoms with Crippen LogP contribution in [0, 0.1) is 12.3 Å². The molecule has 0 aliphatic carbocycles. The molecule has 1 aliphatic heterocycles. The number of rotatable bonds is 2.